The molecule has 0 amide bonds. The summed E-state index contributed by atoms with van der Waals surface area (Å²) in [4.78, 5) is 0. The normalized spacial score (nSPS) is 30.4. The summed E-state index contributed by atoms with van der Waals surface area (Å²) >= 11 is 5.90. The van der Waals surface area contributed by atoms with Gasteiger partial charge in [0.2, 0.25) is 0 Å². The van der Waals surface area contributed by atoms with Gasteiger partial charge in [0.15, 0.2) is 0 Å². The average molecular weight is 212 g/mol. The quantitative estimate of drug-likeness (QED) is 0.743. The van der Waals surface area contributed by atoms with Crippen LogP contribution in [0.1, 0.15) is 18.1 Å². The number of halogens is 1. The molecule has 3 N–H and O–H groups in total. The predicted octanol–water partition coefficient (Wildman–Crippen LogP) is 1.68. The molecule has 0 saturated heterocycles. The van der Waals surface area contributed by atoms with Gasteiger partial charge in [-0.25, -0.2) is 0 Å². The standard InChI is InChI=1S/C11H14ClNO/c1-7-4-8-2-3-9(12)5-10(8)11(7,14)6-13/h2-3,5,7,14H,4,6,13H2,1H3. The van der Waals surface area contributed by atoms with Crippen LogP contribution in [-0.4, -0.2) is 11.7 Å². The second kappa shape index (κ2) is 3.23. The summed E-state index contributed by atoms with van der Waals surface area (Å²) in [6, 6.07) is 5.66. The van der Waals surface area contributed by atoms with E-state index in [2.05, 4.69) is 0 Å². The zero-order valence-corrected chi connectivity index (χ0v) is 8.88. The van der Waals surface area contributed by atoms with E-state index in [1.54, 1.807) is 0 Å². The molecule has 0 aromatic heterocycles. The molecule has 0 aliphatic heterocycles. The smallest absolute Gasteiger partial charge is 0.105 e. The van der Waals surface area contributed by atoms with Gasteiger partial charge in [0, 0.05) is 11.6 Å². The zero-order valence-electron chi connectivity index (χ0n) is 8.13. The van der Waals surface area contributed by atoms with Crippen LogP contribution in [0.4, 0.5) is 0 Å². The fourth-order valence-electron chi connectivity index (χ4n) is 2.20. The first kappa shape index (κ1) is 9.97. The molecule has 2 atom stereocenters. The zero-order chi connectivity index (χ0) is 10.3. The SMILES string of the molecule is CC1Cc2ccc(Cl)cc2C1(O)CN. The summed E-state index contributed by atoms with van der Waals surface area (Å²) in [5.41, 5.74) is 6.81. The molecule has 3 heteroatoms. The van der Waals surface area contributed by atoms with Crippen LogP contribution in [-0.2, 0) is 12.0 Å². The molecule has 0 saturated carbocycles. The molecular weight excluding hydrogens is 198 g/mol. The van der Waals surface area contributed by atoms with E-state index in [1.807, 2.05) is 25.1 Å². The molecule has 2 unspecified atom stereocenters. The fourth-order valence-corrected chi connectivity index (χ4v) is 2.38. The summed E-state index contributed by atoms with van der Waals surface area (Å²) < 4.78 is 0. The minimum absolute atomic E-state index is 0.168. The highest BCUT2D eigenvalue weighted by Crippen LogP contribution is 2.41. The largest absolute Gasteiger partial charge is 0.384 e. The van der Waals surface area contributed by atoms with Crippen LogP contribution < -0.4 is 5.73 Å². The average Bonchev–Trinajstić information content (AvgIpc) is 2.41. The van der Waals surface area contributed by atoms with Crippen molar-refractivity contribution in [1.82, 2.24) is 0 Å². The molecule has 14 heavy (non-hydrogen) atoms. The van der Waals surface area contributed by atoms with Crippen molar-refractivity contribution in [2.24, 2.45) is 11.7 Å². The number of fused-ring (bicyclic) bond motifs is 1. The second-order valence-corrected chi connectivity index (χ2v) is 4.47. The number of rotatable bonds is 1. The van der Waals surface area contributed by atoms with Crippen LogP contribution in [0.25, 0.3) is 0 Å². The Hall–Kier alpha value is -0.570. The molecule has 1 aromatic rings. The first-order valence-electron chi connectivity index (χ1n) is 4.79. The summed E-state index contributed by atoms with van der Waals surface area (Å²) in [6.45, 7) is 2.27. The highest BCUT2D eigenvalue weighted by Gasteiger charge is 2.41. The number of benzene rings is 1. The molecule has 1 aliphatic carbocycles. The summed E-state index contributed by atoms with van der Waals surface area (Å²) in [5.74, 6) is 0.168. The Bertz CT molecular complexity index is 366. The molecule has 0 bridgehead atoms. The Balaban J connectivity index is 2.55. The molecule has 0 spiro atoms. The van der Waals surface area contributed by atoms with Crippen molar-refractivity contribution in [3.63, 3.8) is 0 Å². The van der Waals surface area contributed by atoms with Crippen molar-refractivity contribution < 1.29 is 5.11 Å². The van der Waals surface area contributed by atoms with E-state index < -0.39 is 5.60 Å². The first-order chi connectivity index (χ1) is 6.58. The van der Waals surface area contributed by atoms with Gasteiger partial charge < -0.3 is 10.8 Å². The topological polar surface area (TPSA) is 46.2 Å². The van der Waals surface area contributed by atoms with Gasteiger partial charge in [-0.15, -0.1) is 0 Å². The summed E-state index contributed by atoms with van der Waals surface area (Å²) in [6.07, 6.45) is 0.875. The highest BCUT2D eigenvalue weighted by molar-refractivity contribution is 6.30. The third-order valence-corrected chi connectivity index (χ3v) is 3.43. The van der Waals surface area contributed by atoms with E-state index in [0.29, 0.717) is 5.02 Å². The lowest BCUT2D eigenvalue weighted by atomic mass is 9.89. The molecule has 0 radical (unpaired) electrons. The third kappa shape index (κ3) is 1.26. The van der Waals surface area contributed by atoms with Crippen molar-refractivity contribution in [2.45, 2.75) is 18.9 Å². The second-order valence-electron chi connectivity index (χ2n) is 4.04. The molecule has 2 nitrogen and oxygen atoms in total. The van der Waals surface area contributed by atoms with E-state index in [9.17, 15) is 5.11 Å². The molecule has 1 aliphatic rings. The number of hydrogen-bond acceptors (Lipinski definition) is 2. The van der Waals surface area contributed by atoms with E-state index >= 15 is 0 Å². The molecule has 0 heterocycles. The number of hydrogen-bond donors (Lipinski definition) is 2. The fraction of sp³-hybridized carbons (Fsp3) is 0.455. The van der Waals surface area contributed by atoms with Gasteiger partial charge in [0.05, 0.1) is 0 Å². The van der Waals surface area contributed by atoms with Crippen LogP contribution >= 0.6 is 11.6 Å². The maximum atomic E-state index is 10.4. The molecule has 0 fully saturated rings. The Morgan fingerprint density at radius 3 is 3.00 bits per heavy atom. The van der Waals surface area contributed by atoms with Gasteiger partial charge >= 0.3 is 0 Å². The van der Waals surface area contributed by atoms with Crippen molar-refractivity contribution in [2.75, 3.05) is 6.54 Å². The Morgan fingerprint density at radius 1 is 1.64 bits per heavy atom. The maximum Gasteiger partial charge on any atom is 0.105 e. The van der Waals surface area contributed by atoms with E-state index in [-0.39, 0.29) is 12.5 Å². The van der Waals surface area contributed by atoms with E-state index in [0.717, 1.165) is 17.5 Å². The van der Waals surface area contributed by atoms with Crippen LogP contribution in [0, 0.1) is 5.92 Å². The lowest BCUT2D eigenvalue weighted by Gasteiger charge is -2.27. The molecular formula is C11H14ClNO. The van der Waals surface area contributed by atoms with Gasteiger partial charge in [-0.2, -0.15) is 0 Å². The number of nitrogens with two attached hydrogens (primary N) is 1. The van der Waals surface area contributed by atoms with Crippen LogP contribution in [0.3, 0.4) is 0 Å². The van der Waals surface area contributed by atoms with Crippen molar-refractivity contribution in [3.05, 3.63) is 34.3 Å². The van der Waals surface area contributed by atoms with Crippen LogP contribution in [0.15, 0.2) is 18.2 Å². The lowest BCUT2D eigenvalue weighted by molar-refractivity contribution is 0.00498. The Morgan fingerprint density at radius 2 is 2.36 bits per heavy atom. The Labute approximate surface area is 88.7 Å². The summed E-state index contributed by atoms with van der Waals surface area (Å²) in [7, 11) is 0. The lowest BCUT2D eigenvalue weighted by Crippen LogP contribution is -2.38. The molecule has 1 aromatic carbocycles. The van der Waals surface area contributed by atoms with Crippen molar-refractivity contribution >= 4 is 11.6 Å². The minimum atomic E-state index is -0.889. The Kier molecular flexibility index (Phi) is 2.30. The van der Waals surface area contributed by atoms with Crippen molar-refractivity contribution in [3.8, 4) is 0 Å². The minimum Gasteiger partial charge on any atom is -0.384 e. The third-order valence-electron chi connectivity index (χ3n) is 3.19. The predicted molar refractivity (Wildman–Crippen MR) is 57.3 cm³/mol. The maximum absolute atomic E-state index is 10.4. The molecule has 76 valence electrons. The van der Waals surface area contributed by atoms with Crippen LogP contribution in [0.2, 0.25) is 5.02 Å². The summed E-state index contributed by atoms with van der Waals surface area (Å²) in [5, 5.41) is 11.0. The van der Waals surface area contributed by atoms with Gasteiger partial charge in [-0.05, 0) is 35.6 Å². The van der Waals surface area contributed by atoms with Gasteiger partial charge in [0.25, 0.3) is 0 Å². The van der Waals surface area contributed by atoms with Gasteiger partial charge in [0.1, 0.15) is 5.60 Å². The van der Waals surface area contributed by atoms with Gasteiger partial charge in [-0.1, -0.05) is 24.6 Å². The number of aliphatic hydroxyl groups is 1. The monoisotopic (exact) mass is 211 g/mol. The first-order valence-corrected chi connectivity index (χ1v) is 5.17. The van der Waals surface area contributed by atoms with Crippen molar-refractivity contribution in [1.29, 1.82) is 0 Å². The molecule has 2 rings (SSSR count). The van der Waals surface area contributed by atoms with E-state index in [1.165, 1.54) is 0 Å². The van der Waals surface area contributed by atoms with E-state index in [4.69, 9.17) is 17.3 Å². The van der Waals surface area contributed by atoms with Crippen LogP contribution in [0.5, 0.6) is 0 Å². The van der Waals surface area contributed by atoms with Gasteiger partial charge in [-0.3, -0.25) is 0 Å². The highest BCUT2D eigenvalue weighted by atomic mass is 35.5.